The number of carbonyl (C=O) groups excluding carboxylic acids is 3. The molecule has 0 aliphatic heterocycles. The maximum atomic E-state index is 13.8. The van der Waals surface area contributed by atoms with Crippen LogP contribution in [0.3, 0.4) is 0 Å². The first-order chi connectivity index (χ1) is 23.7. The van der Waals surface area contributed by atoms with Gasteiger partial charge in [-0.05, 0) is 58.5 Å². The summed E-state index contributed by atoms with van der Waals surface area (Å²) in [5.41, 5.74) is 10.0. The van der Waals surface area contributed by atoms with Crippen LogP contribution in [0.1, 0.15) is 61.6 Å². The Morgan fingerprint density at radius 1 is 0.694 bits per heavy atom. The van der Waals surface area contributed by atoms with E-state index in [1.54, 1.807) is 54.6 Å². The fourth-order valence-corrected chi connectivity index (χ4v) is 5.08. The Bertz CT molecular complexity index is 1960. The van der Waals surface area contributed by atoms with E-state index >= 15 is 0 Å². The molecule has 0 aliphatic carbocycles. The summed E-state index contributed by atoms with van der Waals surface area (Å²) in [5, 5.41) is 13.8. The summed E-state index contributed by atoms with van der Waals surface area (Å²) < 4.78 is 11.7. The average Bonchev–Trinajstić information content (AvgIpc) is 3.12. The van der Waals surface area contributed by atoms with Gasteiger partial charge in [-0.25, -0.2) is 4.79 Å². The van der Waals surface area contributed by atoms with Gasteiger partial charge in [-0.1, -0.05) is 98.8 Å². The summed E-state index contributed by atoms with van der Waals surface area (Å²) >= 11 is 0. The van der Waals surface area contributed by atoms with Crippen molar-refractivity contribution in [1.29, 1.82) is 5.41 Å². The van der Waals surface area contributed by atoms with E-state index in [1.807, 2.05) is 74.5 Å². The molecular weight excluding hydrogens is 616 g/mol. The molecule has 49 heavy (non-hydrogen) atoms. The SMILES string of the molecule is CC(C)CNC(=O)c1ccc(-c2ccccc2C(=O)Nc2ccc(C(=N)N)c(OCc3ccccc3)c2)c(C(=O)OCc2ccccc2)c1. The van der Waals surface area contributed by atoms with Crippen LogP contribution in [-0.2, 0) is 18.0 Å². The summed E-state index contributed by atoms with van der Waals surface area (Å²) in [6, 6.07) is 35.4. The number of ether oxygens (including phenoxy) is 2. The summed E-state index contributed by atoms with van der Waals surface area (Å²) in [5.74, 6) is -0.969. The van der Waals surface area contributed by atoms with Crippen molar-refractivity contribution >= 4 is 29.3 Å². The second-order valence-electron chi connectivity index (χ2n) is 11.8. The Hall–Kier alpha value is -6.22. The molecule has 0 heterocycles. The number of hydrogen-bond donors (Lipinski definition) is 4. The second kappa shape index (κ2) is 16.1. The molecule has 248 valence electrons. The van der Waals surface area contributed by atoms with Crippen LogP contribution >= 0.6 is 0 Å². The molecule has 5 N–H and O–H groups in total. The van der Waals surface area contributed by atoms with Crippen LogP contribution in [-0.4, -0.2) is 30.2 Å². The Labute approximate surface area is 285 Å². The minimum atomic E-state index is -0.632. The number of nitrogens with two attached hydrogens (primary N) is 1. The van der Waals surface area contributed by atoms with Gasteiger partial charge in [-0.3, -0.25) is 15.0 Å². The zero-order chi connectivity index (χ0) is 34.8. The van der Waals surface area contributed by atoms with Crippen molar-refractivity contribution in [3.63, 3.8) is 0 Å². The Kier molecular flexibility index (Phi) is 11.2. The van der Waals surface area contributed by atoms with Gasteiger partial charge in [0.1, 0.15) is 24.8 Å². The minimum absolute atomic E-state index is 0.0377. The molecule has 0 aromatic heterocycles. The Balaban J connectivity index is 1.45. The lowest BCUT2D eigenvalue weighted by Gasteiger charge is -2.16. The molecule has 0 saturated carbocycles. The lowest BCUT2D eigenvalue weighted by atomic mass is 9.93. The summed E-state index contributed by atoms with van der Waals surface area (Å²) in [6.07, 6.45) is 0. The fraction of sp³-hybridized carbons (Fsp3) is 0.150. The molecule has 0 unspecified atom stereocenters. The van der Waals surface area contributed by atoms with E-state index in [1.165, 1.54) is 6.07 Å². The third-order valence-electron chi connectivity index (χ3n) is 7.61. The van der Waals surface area contributed by atoms with E-state index < -0.39 is 11.9 Å². The number of nitrogens with one attached hydrogen (secondary N) is 3. The first kappa shape index (κ1) is 34.1. The van der Waals surface area contributed by atoms with Crippen LogP contribution in [0.2, 0.25) is 0 Å². The van der Waals surface area contributed by atoms with Gasteiger partial charge in [0, 0.05) is 29.4 Å². The van der Waals surface area contributed by atoms with Crippen LogP contribution in [0.5, 0.6) is 5.75 Å². The van der Waals surface area contributed by atoms with E-state index in [4.69, 9.17) is 20.6 Å². The number of amides is 2. The first-order valence-electron chi connectivity index (χ1n) is 15.9. The van der Waals surface area contributed by atoms with Crippen LogP contribution < -0.4 is 21.1 Å². The van der Waals surface area contributed by atoms with E-state index in [0.717, 1.165) is 11.1 Å². The van der Waals surface area contributed by atoms with Gasteiger partial charge >= 0.3 is 5.97 Å². The number of amidine groups is 1. The van der Waals surface area contributed by atoms with E-state index in [9.17, 15) is 14.4 Å². The van der Waals surface area contributed by atoms with Crippen molar-refractivity contribution in [3.8, 4) is 16.9 Å². The minimum Gasteiger partial charge on any atom is -0.488 e. The smallest absolute Gasteiger partial charge is 0.339 e. The number of anilines is 1. The number of carbonyl (C=O) groups is 3. The van der Waals surface area contributed by atoms with Gasteiger partial charge in [-0.2, -0.15) is 0 Å². The molecule has 5 aromatic carbocycles. The van der Waals surface area contributed by atoms with E-state index in [2.05, 4.69) is 10.6 Å². The van der Waals surface area contributed by atoms with E-state index in [0.29, 0.717) is 45.8 Å². The van der Waals surface area contributed by atoms with Gasteiger partial charge in [0.2, 0.25) is 0 Å². The van der Waals surface area contributed by atoms with Crippen LogP contribution in [0.4, 0.5) is 5.69 Å². The molecule has 0 spiro atoms. The molecule has 0 bridgehead atoms. The highest BCUT2D eigenvalue weighted by atomic mass is 16.5. The topological polar surface area (TPSA) is 144 Å². The molecule has 0 saturated heterocycles. The molecule has 2 amide bonds. The maximum Gasteiger partial charge on any atom is 0.339 e. The van der Waals surface area contributed by atoms with Gasteiger partial charge < -0.3 is 25.8 Å². The van der Waals surface area contributed by atoms with Gasteiger partial charge in [0.05, 0.1) is 11.1 Å². The lowest BCUT2D eigenvalue weighted by molar-refractivity contribution is 0.0473. The zero-order valence-corrected chi connectivity index (χ0v) is 27.4. The molecule has 0 radical (unpaired) electrons. The largest absolute Gasteiger partial charge is 0.488 e. The lowest BCUT2D eigenvalue weighted by Crippen LogP contribution is -2.27. The number of benzene rings is 5. The maximum absolute atomic E-state index is 13.8. The van der Waals surface area contributed by atoms with E-state index in [-0.39, 0.29) is 36.4 Å². The quantitative estimate of drug-likeness (QED) is 0.0600. The molecule has 5 rings (SSSR count). The predicted octanol–water partition coefficient (Wildman–Crippen LogP) is 7.21. The van der Waals surface area contributed by atoms with Crippen molar-refractivity contribution in [2.75, 3.05) is 11.9 Å². The molecule has 9 heteroatoms. The summed E-state index contributed by atoms with van der Waals surface area (Å²) in [7, 11) is 0. The number of hydrogen-bond acceptors (Lipinski definition) is 6. The molecule has 0 fully saturated rings. The Morgan fingerprint density at radius 2 is 1.33 bits per heavy atom. The zero-order valence-electron chi connectivity index (χ0n) is 27.4. The standard InChI is InChI=1S/C40H38N4O5/c1-26(2)23-43-38(45)29-17-19-32(35(21-29)40(47)49-25-28-13-7-4-8-14-28)31-15-9-10-16-33(31)39(46)44-30-18-20-34(37(41)42)36(22-30)48-24-27-11-5-3-6-12-27/h3-22,26H,23-25H2,1-2H3,(H3,41,42)(H,43,45)(H,44,46). The van der Waals surface area contributed by atoms with Crippen molar-refractivity contribution in [1.82, 2.24) is 5.32 Å². The number of esters is 1. The molecule has 5 aromatic rings. The van der Waals surface area contributed by atoms with Gasteiger partial charge in [0.15, 0.2) is 0 Å². The summed E-state index contributed by atoms with van der Waals surface area (Å²) in [6.45, 7) is 4.75. The highest BCUT2D eigenvalue weighted by molar-refractivity contribution is 6.11. The first-order valence-corrected chi connectivity index (χ1v) is 15.9. The normalized spacial score (nSPS) is 10.7. The van der Waals surface area contributed by atoms with Crippen molar-refractivity contribution in [2.45, 2.75) is 27.1 Å². The van der Waals surface area contributed by atoms with Crippen LogP contribution in [0.25, 0.3) is 11.1 Å². The highest BCUT2D eigenvalue weighted by Gasteiger charge is 2.22. The molecule has 9 nitrogen and oxygen atoms in total. The van der Waals surface area contributed by atoms with Gasteiger partial charge in [-0.15, -0.1) is 0 Å². The average molecular weight is 655 g/mol. The monoisotopic (exact) mass is 654 g/mol. The molecule has 0 aliphatic rings. The Morgan fingerprint density at radius 3 is 2.00 bits per heavy atom. The predicted molar refractivity (Wildman–Crippen MR) is 191 cm³/mol. The van der Waals surface area contributed by atoms with Gasteiger partial charge in [0.25, 0.3) is 11.8 Å². The molecular formula is C40H38N4O5. The summed E-state index contributed by atoms with van der Waals surface area (Å²) in [4.78, 5) is 40.4. The van der Waals surface area contributed by atoms with Crippen molar-refractivity contribution in [3.05, 3.63) is 155 Å². The number of rotatable bonds is 13. The van der Waals surface area contributed by atoms with Crippen molar-refractivity contribution in [2.24, 2.45) is 11.7 Å². The molecule has 0 atom stereocenters. The van der Waals surface area contributed by atoms with Crippen molar-refractivity contribution < 1.29 is 23.9 Å². The number of nitrogen functional groups attached to an aromatic ring is 1. The third kappa shape index (κ3) is 8.99. The third-order valence-corrected chi connectivity index (χ3v) is 7.61. The van der Waals surface area contributed by atoms with Crippen LogP contribution in [0.15, 0.2) is 121 Å². The second-order valence-corrected chi connectivity index (χ2v) is 11.8. The highest BCUT2D eigenvalue weighted by Crippen LogP contribution is 2.31. The fourth-order valence-electron chi connectivity index (χ4n) is 5.08. The van der Waals surface area contributed by atoms with Crippen LogP contribution in [0, 0.1) is 11.3 Å².